The summed E-state index contributed by atoms with van der Waals surface area (Å²) >= 11 is 0. The van der Waals surface area contributed by atoms with E-state index in [1.54, 1.807) is 31.4 Å². The molecule has 3 rings (SSSR count). The van der Waals surface area contributed by atoms with Crippen LogP contribution in [0.2, 0.25) is 0 Å². The van der Waals surface area contributed by atoms with Gasteiger partial charge in [0.1, 0.15) is 11.9 Å². The molecule has 0 aromatic heterocycles. The average molecular weight is 354 g/mol. The number of hydrogen-bond donors (Lipinski definition) is 0. The van der Waals surface area contributed by atoms with Crippen LogP contribution in [0.4, 0.5) is 0 Å². The highest BCUT2D eigenvalue weighted by Gasteiger charge is 2.60. The first-order valence-corrected chi connectivity index (χ1v) is 9.51. The smallest absolute Gasteiger partial charge is 0.338 e. The molecule has 3 nitrogen and oxygen atoms in total. The van der Waals surface area contributed by atoms with Crippen molar-refractivity contribution in [2.24, 2.45) is 17.3 Å². The van der Waals surface area contributed by atoms with Crippen LogP contribution in [0.25, 0.3) is 0 Å². The second kappa shape index (κ2) is 7.30. The van der Waals surface area contributed by atoms with Crippen LogP contribution in [0.15, 0.2) is 47.6 Å². The first-order chi connectivity index (χ1) is 12.3. The molecule has 0 heterocycles. The van der Waals surface area contributed by atoms with Gasteiger partial charge in [-0.25, -0.2) is 4.79 Å². The lowest BCUT2D eigenvalue weighted by molar-refractivity contribution is 0.0214. The number of esters is 1. The predicted octanol–water partition coefficient (Wildman–Crippen LogP) is 5.57. The van der Waals surface area contributed by atoms with Crippen LogP contribution in [0, 0.1) is 17.3 Å². The lowest BCUT2D eigenvalue weighted by Crippen LogP contribution is -2.23. The molecule has 0 aliphatic heterocycles. The van der Waals surface area contributed by atoms with Gasteiger partial charge in [0.05, 0.1) is 12.7 Å². The van der Waals surface area contributed by atoms with Crippen molar-refractivity contribution in [1.82, 2.24) is 0 Å². The Labute approximate surface area is 157 Å². The maximum Gasteiger partial charge on any atom is 0.338 e. The lowest BCUT2D eigenvalue weighted by Gasteiger charge is -2.21. The molecule has 2 aliphatic carbocycles. The summed E-state index contributed by atoms with van der Waals surface area (Å²) in [5.74, 6) is 1.36. The van der Waals surface area contributed by atoms with Crippen LogP contribution in [-0.2, 0) is 4.74 Å². The fourth-order valence-corrected chi connectivity index (χ4v) is 4.26. The summed E-state index contributed by atoms with van der Waals surface area (Å²) in [6, 6.07) is 7.13. The molecule has 3 atom stereocenters. The number of benzene rings is 1. The van der Waals surface area contributed by atoms with Crippen LogP contribution in [-0.4, -0.2) is 19.2 Å². The molecule has 1 aromatic rings. The zero-order valence-electron chi connectivity index (χ0n) is 16.5. The van der Waals surface area contributed by atoms with Gasteiger partial charge in [-0.1, -0.05) is 37.1 Å². The molecule has 0 bridgehead atoms. The summed E-state index contributed by atoms with van der Waals surface area (Å²) < 4.78 is 11.2. The molecule has 0 spiro atoms. The van der Waals surface area contributed by atoms with Gasteiger partial charge in [0.2, 0.25) is 0 Å². The van der Waals surface area contributed by atoms with E-state index in [-0.39, 0.29) is 17.5 Å². The largest absolute Gasteiger partial charge is 0.497 e. The minimum absolute atomic E-state index is 0.0806. The van der Waals surface area contributed by atoms with Crippen molar-refractivity contribution >= 4 is 5.97 Å². The molecule has 0 amide bonds. The number of methoxy groups -OCH3 is 1. The van der Waals surface area contributed by atoms with E-state index in [1.807, 2.05) is 0 Å². The summed E-state index contributed by atoms with van der Waals surface area (Å²) in [6.07, 6.45) is 7.62. The van der Waals surface area contributed by atoms with E-state index in [4.69, 9.17) is 9.47 Å². The van der Waals surface area contributed by atoms with Crippen molar-refractivity contribution in [3.8, 4) is 5.75 Å². The van der Waals surface area contributed by atoms with Gasteiger partial charge in [-0.3, -0.25) is 0 Å². The fourth-order valence-electron chi connectivity index (χ4n) is 4.26. The highest BCUT2D eigenvalue weighted by molar-refractivity contribution is 5.89. The molecule has 3 heteroatoms. The van der Waals surface area contributed by atoms with Crippen molar-refractivity contribution < 1.29 is 14.3 Å². The molecule has 26 heavy (non-hydrogen) atoms. The molecular formula is C23H30O3. The predicted molar refractivity (Wildman–Crippen MR) is 104 cm³/mol. The van der Waals surface area contributed by atoms with Gasteiger partial charge >= 0.3 is 5.97 Å². The molecule has 0 radical (unpaired) electrons. The van der Waals surface area contributed by atoms with Crippen molar-refractivity contribution in [1.29, 1.82) is 0 Å². The number of hydrogen-bond acceptors (Lipinski definition) is 3. The number of rotatable bonds is 3. The Bertz CT molecular complexity index is 724. The topological polar surface area (TPSA) is 35.5 Å². The molecule has 3 unspecified atom stereocenters. The number of carbonyl (C=O) groups is 1. The second-order valence-electron chi connectivity index (χ2n) is 8.35. The van der Waals surface area contributed by atoms with Gasteiger partial charge in [0.25, 0.3) is 0 Å². The standard InChI is InChI=1S/C23H30O3/c1-15-7-6-8-16(2)14-20(21-19(13-15)23(21,3)4)26-22(24)17-9-11-18(25-5)12-10-17/h8-13,19-21H,6-7,14H2,1-5H3/b15-13-,16-8-. The molecular weight excluding hydrogens is 324 g/mol. The third-order valence-electron chi connectivity index (χ3n) is 6.00. The van der Waals surface area contributed by atoms with Gasteiger partial charge in [-0.15, -0.1) is 0 Å². The van der Waals surface area contributed by atoms with Gasteiger partial charge in [0.15, 0.2) is 0 Å². The summed E-state index contributed by atoms with van der Waals surface area (Å²) in [4.78, 5) is 12.7. The van der Waals surface area contributed by atoms with Crippen molar-refractivity contribution in [2.45, 2.75) is 53.1 Å². The Balaban J connectivity index is 1.81. The SMILES string of the molecule is COc1ccc(C(=O)OC2C/C(C)=C\CC/C(C)=C\C3C2C3(C)C)cc1. The molecule has 0 saturated heterocycles. The van der Waals surface area contributed by atoms with Crippen LogP contribution >= 0.6 is 0 Å². The third kappa shape index (κ3) is 3.87. The number of allylic oxidation sites excluding steroid dienone is 3. The van der Waals surface area contributed by atoms with Gasteiger partial charge in [-0.2, -0.15) is 0 Å². The van der Waals surface area contributed by atoms with E-state index in [0.717, 1.165) is 25.0 Å². The van der Waals surface area contributed by atoms with Gasteiger partial charge in [-0.05, 0) is 62.3 Å². The molecule has 1 aromatic carbocycles. The second-order valence-corrected chi connectivity index (χ2v) is 8.35. The Morgan fingerprint density at radius 3 is 2.46 bits per heavy atom. The summed E-state index contributed by atoms with van der Waals surface area (Å²) in [5, 5.41) is 0. The van der Waals surface area contributed by atoms with Crippen molar-refractivity contribution in [2.75, 3.05) is 7.11 Å². The first-order valence-electron chi connectivity index (χ1n) is 9.51. The van der Waals surface area contributed by atoms with Gasteiger partial charge < -0.3 is 9.47 Å². The molecule has 1 fully saturated rings. The lowest BCUT2D eigenvalue weighted by atomic mass is 9.98. The van der Waals surface area contributed by atoms with E-state index in [9.17, 15) is 4.79 Å². The minimum atomic E-state index is -0.246. The Morgan fingerprint density at radius 1 is 1.12 bits per heavy atom. The average Bonchev–Trinajstić information content (AvgIpc) is 3.14. The maximum absolute atomic E-state index is 12.7. The summed E-state index contributed by atoms with van der Waals surface area (Å²) in [6.45, 7) is 8.95. The Morgan fingerprint density at radius 2 is 1.81 bits per heavy atom. The van der Waals surface area contributed by atoms with Crippen LogP contribution < -0.4 is 4.74 Å². The monoisotopic (exact) mass is 354 g/mol. The summed E-state index contributed by atoms with van der Waals surface area (Å²) in [5.41, 5.74) is 3.51. The number of ether oxygens (including phenoxy) is 2. The van der Waals surface area contributed by atoms with Crippen molar-refractivity contribution in [3.05, 3.63) is 53.1 Å². The first kappa shape index (κ1) is 18.8. The minimum Gasteiger partial charge on any atom is -0.497 e. The van der Waals surface area contributed by atoms with Crippen LogP contribution in [0.1, 0.15) is 57.3 Å². The number of fused-ring (bicyclic) bond motifs is 1. The van der Waals surface area contributed by atoms with E-state index < -0.39 is 0 Å². The third-order valence-corrected chi connectivity index (χ3v) is 6.00. The zero-order valence-corrected chi connectivity index (χ0v) is 16.5. The van der Waals surface area contributed by atoms with Crippen LogP contribution in [0.3, 0.4) is 0 Å². The molecule has 2 aliphatic rings. The normalized spacial score (nSPS) is 31.5. The van der Waals surface area contributed by atoms with Crippen LogP contribution in [0.5, 0.6) is 5.75 Å². The quantitative estimate of drug-likeness (QED) is 0.526. The maximum atomic E-state index is 12.7. The Hall–Kier alpha value is -2.03. The highest BCUT2D eigenvalue weighted by atomic mass is 16.5. The molecule has 140 valence electrons. The van der Waals surface area contributed by atoms with E-state index >= 15 is 0 Å². The fraction of sp³-hybridized carbons (Fsp3) is 0.522. The molecule has 0 N–H and O–H groups in total. The number of carbonyl (C=O) groups excluding carboxylic acids is 1. The van der Waals surface area contributed by atoms with E-state index in [1.165, 1.54) is 11.1 Å². The van der Waals surface area contributed by atoms with E-state index in [2.05, 4.69) is 39.8 Å². The van der Waals surface area contributed by atoms with Crippen molar-refractivity contribution in [3.63, 3.8) is 0 Å². The highest BCUT2D eigenvalue weighted by Crippen LogP contribution is 2.62. The van der Waals surface area contributed by atoms with Gasteiger partial charge in [0, 0.05) is 12.3 Å². The Kier molecular flexibility index (Phi) is 5.27. The molecule has 1 saturated carbocycles. The zero-order chi connectivity index (χ0) is 18.9. The summed E-state index contributed by atoms with van der Waals surface area (Å²) in [7, 11) is 1.62. The van der Waals surface area contributed by atoms with E-state index in [0.29, 0.717) is 17.4 Å².